The summed E-state index contributed by atoms with van der Waals surface area (Å²) in [5, 5.41) is 0.893. The average molecular weight is 789 g/mol. The van der Waals surface area contributed by atoms with E-state index in [4.69, 9.17) is 4.74 Å². The molecule has 0 spiro atoms. The van der Waals surface area contributed by atoms with Crippen molar-refractivity contribution in [3.63, 3.8) is 0 Å². The summed E-state index contributed by atoms with van der Waals surface area (Å²) in [5.41, 5.74) is 4.66. The normalized spacial score (nSPS) is 14.4. The summed E-state index contributed by atoms with van der Waals surface area (Å²) in [6.45, 7) is 2.64. The van der Waals surface area contributed by atoms with E-state index in [0.717, 1.165) is 41.2 Å². The van der Waals surface area contributed by atoms with Gasteiger partial charge in [0.05, 0.1) is 25.9 Å². The number of fused-ring (bicyclic) bond motifs is 2. The fourth-order valence-electron chi connectivity index (χ4n) is 5.02. The van der Waals surface area contributed by atoms with Gasteiger partial charge in [0.2, 0.25) is 11.4 Å². The summed E-state index contributed by atoms with van der Waals surface area (Å²) in [6, 6.07) is 21.8. The summed E-state index contributed by atoms with van der Waals surface area (Å²) in [4.78, 5) is 1.90. The van der Waals surface area contributed by atoms with Gasteiger partial charge >= 0.3 is 29.6 Å². The van der Waals surface area contributed by atoms with Gasteiger partial charge in [-0.25, -0.2) is 16.8 Å². The number of halogens is 1. The van der Waals surface area contributed by atoms with Gasteiger partial charge in [-0.3, -0.25) is 0 Å². The maximum absolute atomic E-state index is 11.4. The van der Waals surface area contributed by atoms with Gasteiger partial charge in [0, 0.05) is 46.3 Å². The summed E-state index contributed by atoms with van der Waals surface area (Å²) in [5.74, 6) is 0.212. The van der Waals surface area contributed by atoms with Crippen molar-refractivity contribution in [3.05, 3.63) is 92.8 Å². The molecule has 0 N–H and O–H groups in total. The molecule has 45 heavy (non-hydrogen) atoms. The predicted octanol–water partition coefficient (Wildman–Crippen LogP) is 2.87. The van der Waals surface area contributed by atoms with E-state index in [-0.39, 0.29) is 48.9 Å². The Hall–Kier alpha value is -1.82. The van der Waals surface area contributed by atoms with E-state index in [1.54, 1.807) is 11.3 Å². The van der Waals surface area contributed by atoms with Crippen LogP contribution >= 0.6 is 33.9 Å². The second-order valence-corrected chi connectivity index (χ2v) is 15.6. The summed E-state index contributed by atoms with van der Waals surface area (Å²) in [7, 11) is -8.71. The van der Waals surface area contributed by atoms with E-state index in [1.807, 2.05) is 95.3 Å². The van der Waals surface area contributed by atoms with Crippen LogP contribution in [0.5, 0.6) is 5.75 Å². The molecule has 4 aromatic rings. The van der Waals surface area contributed by atoms with Crippen molar-refractivity contribution in [2.45, 2.75) is 32.7 Å². The molecule has 14 heteroatoms. The third-order valence-electron chi connectivity index (χ3n) is 7.11. The molecule has 5 rings (SSSR count). The second-order valence-electron chi connectivity index (χ2n) is 10.3. The molecule has 2 heterocycles. The molecule has 0 atom stereocenters. The van der Waals surface area contributed by atoms with E-state index < -0.39 is 31.7 Å². The first-order valence-corrected chi connectivity index (χ1v) is 19.0. The zero-order valence-corrected chi connectivity index (χ0v) is 31.4. The van der Waals surface area contributed by atoms with Crippen LogP contribution in [0.2, 0.25) is 0 Å². The number of allylic oxidation sites excluding steroid dienone is 2. The van der Waals surface area contributed by atoms with Crippen molar-refractivity contribution in [1.82, 2.24) is 0 Å². The van der Waals surface area contributed by atoms with Gasteiger partial charge in [0.25, 0.3) is 5.01 Å². The standard InChI is InChI=1S/C31H31IN2O7S3.Na/c1-2-22(19-31-34(15-7-17-44(38,39)40)27-21-25(32)11-13-29(27)42-31)18-30-33(14-6-16-43(35,36)37)26-20-24(10-12-28(26)41-30)23-8-4-3-5-9-23;/h3-5,8-13,18-21H,2,6-7,14-17H2,1H3,(H-,35,36,37,38,39,40);/q;+1/p-1. The monoisotopic (exact) mass is 788 g/mol. The van der Waals surface area contributed by atoms with Gasteiger partial charge < -0.3 is 18.7 Å². The van der Waals surface area contributed by atoms with Crippen LogP contribution in [0.15, 0.2) is 84.3 Å². The molecule has 1 aliphatic heterocycles. The van der Waals surface area contributed by atoms with Gasteiger partial charge in [-0.15, -0.1) is 0 Å². The predicted molar refractivity (Wildman–Crippen MR) is 179 cm³/mol. The van der Waals surface area contributed by atoms with Crippen LogP contribution in [-0.2, 0) is 26.8 Å². The Labute approximate surface area is 303 Å². The molecule has 0 fully saturated rings. The molecule has 0 saturated carbocycles. The molecule has 232 valence electrons. The molecule has 9 nitrogen and oxygen atoms in total. The first kappa shape index (κ1) is 36.0. The molecule has 0 amide bonds. The number of ether oxygens (including phenoxy) is 1. The van der Waals surface area contributed by atoms with E-state index in [2.05, 4.69) is 22.6 Å². The quantitative estimate of drug-likeness (QED) is 0.0929. The van der Waals surface area contributed by atoms with Crippen LogP contribution in [0.3, 0.4) is 0 Å². The summed E-state index contributed by atoms with van der Waals surface area (Å²) < 4.78 is 78.4. The molecule has 1 aromatic heterocycles. The largest absolute Gasteiger partial charge is 1.00 e. The van der Waals surface area contributed by atoms with Crippen LogP contribution in [-0.4, -0.2) is 44.0 Å². The Morgan fingerprint density at radius 1 is 0.956 bits per heavy atom. The van der Waals surface area contributed by atoms with Gasteiger partial charge in [-0.05, 0) is 76.4 Å². The minimum Gasteiger partial charge on any atom is -0.748 e. The van der Waals surface area contributed by atoms with Crippen LogP contribution in [0.25, 0.3) is 27.4 Å². The maximum atomic E-state index is 11.4. The van der Waals surface area contributed by atoms with E-state index in [9.17, 15) is 25.9 Å². The number of aryl methyl sites for hydroxylation is 1. The van der Waals surface area contributed by atoms with Crippen molar-refractivity contribution in [2.75, 3.05) is 23.0 Å². The molecule has 0 aliphatic carbocycles. The number of rotatable bonds is 12. The van der Waals surface area contributed by atoms with Crippen molar-refractivity contribution in [1.29, 1.82) is 0 Å². The maximum Gasteiger partial charge on any atom is 1.00 e. The van der Waals surface area contributed by atoms with E-state index >= 15 is 0 Å². The molecule has 0 saturated heterocycles. The number of benzene rings is 3. The van der Waals surface area contributed by atoms with E-state index in [0.29, 0.717) is 24.6 Å². The Balaban J connectivity index is 0.00000461. The number of thiazole rings is 1. The van der Waals surface area contributed by atoms with Crippen LogP contribution in [0.1, 0.15) is 31.2 Å². The second kappa shape index (κ2) is 15.4. The number of aromatic nitrogens is 1. The van der Waals surface area contributed by atoms with Gasteiger partial charge in [-0.2, -0.15) is 4.57 Å². The molecule has 0 radical (unpaired) electrons. The first-order valence-electron chi connectivity index (χ1n) is 14.0. The number of anilines is 1. The van der Waals surface area contributed by atoms with Crippen LogP contribution in [0, 0.1) is 3.57 Å². The molecule has 1 aliphatic rings. The smallest absolute Gasteiger partial charge is 0.748 e. The van der Waals surface area contributed by atoms with Crippen LogP contribution in [0.4, 0.5) is 5.69 Å². The number of hydrogen-bond acceptors (Lipinski definition) is 9. The van der Waals surface area contributed by atoms with Crippen LogP contribution < -0.4 is 43.8 Å². The van der Waals surface area contributed by atoms with Crippen molar-refractivity contribution in [3.8, 4) is 16.9 Å². The third kappa shape index (κ3) is 9.61. The van der Waals surface area contributed by atoms with Crippen molar-refractivity contribution in [2.24, 2.45) is 0 Å². The summed E-state index contributed by atoms with van der Waals surface area (Å²) >= 11 is 3.80. The molecular weight excluding hydrogens is 758 g/mol. The Morgan fingerprint density at radius 2 is 1.67 bits per heavy atom. The average Bonchev–Trinajstić information content (AvgIpc) is 3.48. The fourth-order valence-corrected chi connectivity index (χ4v) is 7.61. The minimum atomic E-state index is -4.38. The zero-order valence-electron chi connectivity index (χ0n) is 24.8. The number of hydrogen-bond donors (Lipinski definition) is 0. The van der Waals surface area contributed by atoms with Gasteiger partial charge in [-0.1, -0.05) is 54.7 Å². The fraction of sp³-hybridized carbons (Fsp3) is 0.258. The SMILES string of the molecule is CCC(/C=C1\Oc2ccc(-c3ccccc3)cc2N1CCCS(=O)(=O)[O-])=C\c1sc2ccc(I)cc2[n+]1CCCS(=O)(=O)[O-].[Na+]. The van der Waals surface area contributed by atoms with Crippen molar-refractivity contribution < 1.29 is 64.8 Å². The van der Waals surface area contributed by atoms with Gasteiger partial charge in [0.1, 0.15) is 4.70 Å². The van der Waals surface area contributed by atoms with Gasteiger partial charge in [0.15, 0.2) is 12.3 Å². The Bertz CT molecular complexity index is 1960. The molecule has 0 unspecified atom stereocenters. The summed E-state index contributed by atoms with van der Waals surface area (Å²) in [6.07, 6.45) is 4.90. The Kier molecular flexibility index (Phi) is 12.3. The minimum absolute atomic E-state index is 0. The topological polar surface area (TPSA) is 131 Å². The zero-order chi connectivity index (χ0) is 31.5. The van der Waals surface area contributed by atoms with Crippen molar-refractivity contribution >= 4 is 76.1 Å². The molecule has 0 bridgehead atoms. The van der Waals surface area contributed by atoms with E-state index in [1.165, 1.54) is 0 Å². The molecular formula is C31H30IN2NaO7S3. The first-order chi connectivity index (χ1) is 20.9. The third-order valence-corrected chi connectivity index (χ3v) is 10.5. The number of nitrogens with zero attached hydrogens (tertiary/aromatic N) is 2. The Morgan fingerprint density at radius 3 is 2.36 bits per heavy atom. The molecule has 3 aromatic carbocycles.